The molecule has 1 aliphatic rings. The third-order valence-electron chi connectivity index (χ3n) is 3.20. The van der Waals surface area contributed by atoms with Gasteiger partial charge in [-0.2, -0.15) is 4.98 Å². The second kappa shape index (κ2) is 4.75. The van der Waals surface area contributed by atoms with Crippen molar-refractivity contribution in [1.29, 1.82) is 0 Å². The molecule has 0 bridgehead atoms. The molecule has 1 N–H and O–H groups in total. The molecule has 4 nitrogen and oxygen atoms in total. The van der Waals surface area contributed by atoms with Crippen LogP contribution in [0.1, 0.15) is 44.3 Å². The minimum Gasteiger partial charge on any atom is -0.340 e. The molecule has 0 aromatic carbocycles. The van der Waals surface area contributed by atoms with Gasteiger partial charge < -0.3 is 9.84 Å². The highest BCUT2D eigenvalue weighted by atomic mass is 16.5. The molecule has 0 radical (unpaired) electrons. The van der Waals surface area contributed by atoms with E-state index in [2.05, 4.69) is 22.4 Å². The standard InChI is InChI=1S/C11H19N3O/c1-8-5-3-4-6-10(8)12-7-11-13-9(2)15-14-11/h8,10,12H,3-7H2,1-2H3. The van der Waals surface area contributed by atoms with E-state index in [9.17, 15) is 0 Å². The van der Waals surface area contributed by atoms with E-state index in [0.29, 0.717) is 11.9 Å². The smallest absolute Gasteiger partial charge is 0.223 e. The zero-order valence-corrected chi connectivity index (χ0v) is 9.49. The lowest BCUT2D eigenvalue weighted by atomic mass is 9.86. The zero-order valence-electron chi connectivity index (χ0n) is 9.49. The molecule has 1 fully saturated rings. The molecule has 0 saturated heterocycles. The Balaban J connectivity index is 1.81. The van der Waals surface area contributed by atoms with Crippen LogP contribution in [0.15, 0.2) is 4.52 Å². The van der Waals surface area contributed by atoms with E-state index in [0.717, 1.165) is 18.3 Å². The summed E-state index contributed by atoms with van der Waals surface area (Å²) in [6.07, 6.45) is 5.33. The third-order valence-corrected chi connectivity index (χ3v) is 3.20. The predicted octanol–water partition coefficient (Wildman–Crippen LogP) is 2.05. The molecular weight excluding hydrogens is 190 g/mol. The fourth-order valence-corrected chi connectivity index (χ4v) is 2.26. The highest BCUT2D eigenvalue weighted by Crippen LogP contribution is 2.23. The van der Waals surface area contributed by atoms with E-state index < -0.39 is 0 Å². The number of nitrogens with one attached hydrogen (secondary N) is 1. The lowest BCUT2D eigenvalue weighted by Gasteiger charge is -2.29. The Morgan fingerprint density at radius 1 is 1.40 bits per heavy atom. The topological polar surface area (TPSA) is 51.0 Å². The Morgan fingerprint density at radius 2 is 2.20 bits per heavy atom. The molecule has 2 unspecified atom stereocenters. The average Bonchev–Trinajstić information content (AvgIpc) is 2.63. The Labute approximate surface area is 90.4 Å². The van der Waals surface area contributed by atoms with Gasteiger partial charge in [0.1, 0.15) is 0 Å². The van der Waals surface area contributed by atoms with Crippen LogP contribution in [0.25, 0.3) is 0 Å². The molecule has 2 rings (SSSR count). The molecule has 4 heteroatoms. The summed E-state index contributed by atoms with van der Waals surface area (Å²) in [5.41, 5.74) is 0. The summed E-state index contributed by atoms with van der Waals surface area (Å²) in [5.74, 6) is 2.18. The predicted molar refractivity (Wildman–Crippen MR) is 57.3 cm³/mol. The first-order valence-electron chi connectivity index (χ1n) is 5.78. The summed E-state index contributed by atoms with van der Waals surface area (Å²) in [6, 6.07) is 0.623. The first kappa shape index (κ1) is 10.6. The van der Waals surface area contributed by atoms with Crippen LogP contribution in [0.5, 0.6) is 0 Å². The van der Waals surface area contributed by atoms with E-state index in [1.165, 1.54) is 25.7 Å². The number of nitrogens with zero attached hydrogens (tertiary/aromatic N) is 2. The van der Waals surface area contributed by atoms with Crippen LogP contribution in [0.2, 0.25) is 0 Å². The first-order chi connectivity index (χ1) is 7.25. The van der Waals surface area contributed by atoms with E-state index in [1.54, 1.807) is 0 Å². The van der Waals surface area contributed by atoms with Crippen LogP contribution >= 0.6 is 0 Å². The number of aromatic nitrogens is 2. The van der Waals surface area contributed by atoms with Gasteiger partial charge in [-0.15, -0.1) is 0 Å². The van der Waals surface area contributed by atoms with Gasteiger partial charge in [0.15, 0.2) is 5.82 Å². The normalized spacial score (nSPS) is 26.8. The molecule has 0 amide bonds. The number of hydrogen-bond acceptors (Lipinski definition) is 4. The number of hydrogen-bond donors (Lipinski definition) is 1. The van der Waals surface area contributed by atoms with Gasteiger partial charge in [0, 0.05) is 13.0 Å². The summed E-state index contributed by atoms with van der Waals surface area (Å²) in [6.45, 7) is 4.87. The molecule has 15 heavy (non-hydrogen) atoms. The molecule has 1 aromatic rings. The van der Waals surface area contributed by atoms with Crippen molar-refractivity contribution in [2.45, 2.75) is 52.1 Å². The van der Waals surface area contributed by atoms with Gasteiger partial charge in [0.2, 0.25) is 5.89 Å². The monoisotopic (exact) mass is 209 g/mol. The van der Waals surface area contributed by atoms with Crippen molar-refractivity contribution in [2.75, 3.05) is 0 Å². The fourth-order valence-electron chi connectivity index (χ4n) is 2.26. The van der Waals surface area contributed by atoms with Crippen LogP contribution in [-0.2, 0) is 6.54 Å². The highest BCUT2D eigenvalue weighted by molar-refractivity contribution is 4.86. The highest BCUT2D eigenvalue weighted by Gasteiger charge is 2.20. The summed E-state index contributed by atoms with van der Waals surface area (Å²) < 4.78 is 4.93. The van der Waals surface area contributed by atoms with E-state index in [1.807, 2.05) is 6.92 Å². The molecule has 1 heterocycles. The van der Waals surface area contributed by atoms with Crippen molar-refractivity contribution in [1.82, 2.24) is 15.5 Å². The molecule has 84 valence electrons. The first-order valence-corrected chi connectivity index (χ1v) is 5.78. The second-order valence-electron chi connectivity index (χ2n) is 4.48. The summed E-state index contributed by atoms with van der Waals surface area (Å²) in [4.78, 5) is 4.18. The minimum atomic E-state index is 0.623. The van der Waals surface area contributed by atoms with E-state index >= 15 is 0 Å². The molecular formula is C11H19N3O. The lowest BCUT2D eigenvalue weighted by Crippen LogP contribution is -2.36. The average molecular weight is 209 g/mol. The van der Waals surface area contributed by atoms with Crippen molar-refractivity contribution >= 4 is 0 Å². The van der Waals surface area contributed by atoms with Crippen molar-refractivity contribution < 1.29 is 4.52 Å². The quantitative estimate of drug-likeness (QED) is 0.827. The SMILES string of the molecule is Cc1nc(CNC2CCCCC2C)no1. The van der Waals surface area contributed by atoms with Gasteiger partial charge in [-0.1, -0.05) is 24.9 Å². The van der Waals surface area contributed by atoms with Crippen LogP contribution in [0.3, 0.4) is 0 Å². The maximum absolute atomic E-state index is 4.93. The molecule has 0 spiro atoms. The van der Waals surface area contributed by atoms with Crippen molar-refractivity contribution in [2.24, 2.45) is 5.92 Å². The third kappa shape index (κ3) is 2.78. The molecule has 2 atom stereocenters. The van der Waals surface area contributed by atoms with Crippen LogP contribution in [-0.4, -0.2) is 16.2 Å². The number of aryl methyl sites for hydroxylation is 1. The summed E-state index contributed by atoms with van der Waals surface area (Å²) >= 11 is 0. The fraction of sp³-hybridized carbons (Fsp3) is 0.818. The Bertz CT molecular complexity index is 311. The second-order valence-corrected chi connectivity index (χ2v) is 4.48. The van der Waals surface area contributed by atoms with Crippen LogP contribution in [0.4, 0.5) is 0 Å². The maximum Gasteiger partial charge on any atom is 0.223 e. The van der Waals surface area contributed by atoms with Crippen molar-refractivity contribution in [3.8, 4) is 0 Å². The minimum absolute atomic E-state index is 0.623. The van der Waals surface area contributed by atoms with Gasteiger partial charge in [0.05, 0.1) is 6.54 Å². The zero-order chi connectivity index (χ0) is 10.7. The lowest BCUT2D eigenvalue weighted by molar-refractivity contribution is 0.276. The van der Waals surface area contributed by atoms with Crippen LogP contribution in [0, 0.1) is 12.8 Å². The van der Waals surface area contributed by atoms with Gasteiger partial charge in [-0.05, 0) is 18.8 Å². The van der Waals surface area contributed by atoms with E-state index in [4.69, 9.17) is 4.52 Å². The Kier molecular flexibility index (Phi) is 3.36. The molecule has 1 aliphatic carbocycles. The Morgan fingerprint density at radius 3 is 2.87 bits per heavy atom. The Hall–Kier alpha value is -0.900. The van der Waals surface area contributed by atoms with Crippen molar-refractivity contribution in [3.05, 3.63) is 11.7 Å². The maximum atomic E-state index is 4.93. The van der Waals surface area contributed by atoms with Crippen molar-refractivity contribution in [3.63, 3.8) is 0 Å². The molecule has 1 saturated carbocycles. The van der Waals surface area contributed by atoms with E-state index in [-0.39, 0.29) is 0 Å². The van der Waals surface area contributed by atoms with Gasteiger partial charge in [0.25, 0.3) is 0 Å². The van der Waals surface area contributed by atoms with Gasteiger partial charge >= 0.3 is 0 Å². The summed E-state index contributed by atoms with van der Waals surface area (Å²) in [7, 11) is 0. The largest absolute Gasteiger partial charge is 0.340 e. The molecule has 1 aromatic heterocycles. The van der Waals surface area contributed by atoms with Crippen LogP contribution < -0.4 is 5.32 Å². The van der Waals surface area contributed by atoms with Gasteiger partial charge in [-0.3, -0.25) is 0 Å². The van der Waals surface area contributed by atoms with Gasteiger partial charge in [-0.25, -0.2) is 0 Å². The number of rotatable bonds is 3. The summed E-state index contributed by atoms with van der Waals surface area (Å²) in [5, 5.41) is 7.39. The molecule has 0 aliphatic heterocycles.